The third kappa shape index (κ3) is 4.01. The number of hydroxylamine groups is 1. The molecule has 2 N–H and O–H groups in total. The van der Waals surface area contributed by atoms with E-state index in [0.29, 0.717) is 23.0 Å². The summed E-state index contributed by atoms with van der Waals surface area (Å²) in [5, 5.41) is 8.87. The Hall–Kier alpha value is -2.07. The Morgan fingerprint density at radius 2 is 1.77 bits per heavy atom. The van der Waals surface area contributed by atoms with Crippen molar-refractivity contribution in [1.82, 2.24) is 9.79 Å². The van der Waals surface area contributed by atoms with Gasteiger partial charge in [0.15, 0.2) is 0 Å². The molecule has 1 aliphatic heterocycles. The summed E-state index contributed by atoms with van der Waals surface area (Å²) in [4.78, 5) is 11.9. The van der Waals surface area contributed by atoms with Crippen molar-refractivity contribution >= 4 is 27.7 Å². The first-order valence-electron chi connectivity index (χ1n) is 7.89. The van der Waals surface area contributed by atoms with Crippen molar-refractivity contribution in [2.75, 3.05) is 18.1 Å². The summed E-state index contributed by atoms with van der Waals surface area (Å²) in [6.07, 6.45) is 0. The molecular weight excluding hydrogens is 376 g/mol. The minimum atomic E-state index is -3.86. The van der Waals surface area contributed by atoms with Crippen LogP contribution in [0.1, 0.15) is 0 Å². The standard InChI is InChI=1S/C17H18N2O5S2/c20-17(18-21)16-12-25-11-10-19(16)26(22,23)15-8-6-14(7-9-15)24-13-4-2-1-3-5-13/h1-9,16,21H,10-12H2,(H,18,20). The minimum absolute atomic E-state index is 0.0700. The monoisotopic (exact) mass is 394 g/mol. The van der Waals surface area contributed by atoms with Gasteiger partial charge in [-0.15, -0.1) is 0 Å². The lowest BCUT2D eigenvalue weighted by molar-refractivity contribution is -0.132. The summed E-state index contributed by atoms with van der Waals surface area (Å²) in [6.45, 7) is 0.202. The first kappa shape index (κ1) is 18.7. The highest BCUT2D eigenvalue weighted by Crippen LogP contribution is 2.27. The normalized spacial score (nSPS) is 18.3. The first-order chi connectivity index (χ1) is 12.5. The van der Waals surface area contributed by atoms with E-state index in [0.717, 1.165) is 4.31 Å². The fourth-order valence-corrected chi connectivity index (χ4v) is 5.44. The van der Waals surface area contributed by atoms with Crippen LogP contribution in [0.4, 0.5) is 0 Å². The highest BCUT2D eigenvalue weighted by Gasteiger charge is 2.37. The lowest BCUT2D eigenvalue weighted by Crippen LogP contribution is -2.53. The van der Waals surface area contributed by atoms with Gasteiger partial charge in [-0.3, -0.25) is 10.0 Å². The molecule has 0 aliphatic carbocycles. The molecule has 1 unspecified atom stereocenters. The third-order valence-electron chi connectivity index (χ3n) is 3.90. The van der Waals surface area contributed by atoms with E-state index in [1.807, 2.05) is 18.2 Å². The zero-order valence-corrected chi connectivity index (χ0v) is 15.4. The van der Waals surface area contributed by atoms with Crippen LogP contribution in [0.25, 0.3) is 0 Å². The van der Waals surface area contributed by atoms with Crippen LogP contribution in [0.2, 0.25) is 0 Å². The second-order valence-corrected chi connectivity index (χ2v) is 8.61. The third-order valence-corrected chi connectivity index (χ3v) is 6.85. The highest BCUT2D eigenvalue weighted by atomic mass is 32.2. The van der Waals surface area contributed by atoms with Crippen molar-refractivity contribution in [2.45, 2.75) is 10.9 Å². The fraction of sp³-hybridized carbons (Fsp3) is 0.235. The number of hydrogen-bond acceptors (Lipinski definition) is 6. The molecule has 2 aromatic rings. The number of ether oxygens (including phenoxy) is 1. The molecule has 2 aromatic carbocycles. The van der Waals surface area contributed by atoms with E-state index < -0.39 is 22.0 Å². The van der Waals surface area contributed by atoms with Gasteiger partial charge in [-0.05, 0) is 36.4 Å². The molecule has 0 saturated carbocycles. The van der Waals surface area contributed by atoms with Crippen LogP contribution < -0.4 is 10.2 Å². The molecular formula is C17H18N2O5S2. The van der Waals surface area contributed by atoms with Gasteiger partial charge in [0.1, 0.15) is 17.5 Å². The summed E-state index contributed by atoms with van der Waals surface area (Å²) >= 11 is 1.47. The quantitative estimate of drug-likeness (QED) is 0.596. The molecule has 0 radical (unpaired) electrons. The second kappa shape index (κ2) is 8.09. The molecule has 1 atom stereocenters. The van der Waals surface area contributed by atoms with Gasteiger partial charge >= 0.3 is 0 Å². The molecule has 0 aromatic heterocycles. The van der Waals surface area contributed by atoms with Crippen LogP contribution >= 0.6 is 11.8 Å². The lowest BCUT2D eigenvalue weighted by atomic mass is 10.3. The Kier molecular flexibility index (Phi) is 5.82. The summed E-state index contributed by atoms with van der Waals surface area (Å²) in [7, 11) is -3.86. The van der Waals surface area contributed by atoms with Gasteiger partial charge < -0.3 is 4.74 Å². The average molecular weight is 394 g/mol. The van der Waals surface area contributed by atoms with E-state index in [4.69, 9.17) is 9.94 Å². The number of carbonyl (C=O) groups is 1. The summed E-state index contributed by atoms with van der Waals surface area (Å²) in [5.74, 6) is 1.31. The summed E-state index contributed by atoms with van der Waals surface area (Å²) in [6, 6.07) is 14.3. The van der Waals surface area contributed by atoms with E-state index in [1.54, 1.807) is 29.7 Å². The Bertz CT molecular complexity index is 856. The number of thioether (sulfide) groups is 1. The van der Waals surface area contributed by atoms with Crippen molar-refractivity contribution in [2.24, 2.45) is 0 Å². The Morgan fingerprint density at radius 3 is 2.42 bits per heavy atom. The van der Waals surface area contributed by atoms with E-state index in [1.165, 1.54) is 23.9 Å². The fourth-order valence-electron chi connectivity index (χ4n) is 2.60. The van der Waals surface area contributed by atoms with Crippen molar-refractivity contribution in [1.29, 1.82) is 0 Å². The van der Waals surface area contributed by atoms with Gasteiger partial charge in [0.05, 0.1) is 4.90 Å². The number of nitrogens with one attached hydrogen (secondary N) is 1. The highest BCUT2D eigenvalue weighted by molar-refractivity contribution is 7.99. The average Bonchev–Trinajstić information content (AvgIpc) is 2.68. The van der Waals surface area contributed by atoms with Crippen LogP contribution in [0, 0.1) is 0 Å². The molecule has 3 rings (SSSR count). The van der Waals surface area contributed by atoms with Crippen molar-refractivity contribution in [3.63, 3.8) is 0 Å². The molecule has 1 aliphatic rings. The van der Waals surface area contributed by atoms with Gasteiger partial charge in [-0.25, -0.2) is 13.9 Å². The molecule has 9 heteroatoms. The first-order valence-corrected chi connectivity index (χ1v) is 10.5. The van der Waals surface area contributed by atoms with Crippen LogP contribution in [0.15, 0.2) is 59.5 Å². The Morgan fingerprint density at radius 1 is 1.12 bits per heavy atom. The topological polar surface area (TPSA) is 95.9 Å². The molecule has 0 spiro atoms. The van der Waals surface area contributed by atoms with Crippen molar-refractivity contribution in [3.05, 3.63) is 54.6 Å². The van der Waals surface area contributed by atoms with Crippen LogP contribution in [-0.4, -0.2) is 47.9 Å². The zero-order chi connectivity index (χ0) is 18.6. The van der Waals surface area contributed by atoms with Gasteiger partial charge in [0, 0.05) is 18.1 Å². The molecule has 1 amide bonds. The van der Waals surface area contributed by atoms with Crippen molar-refractivity contribution in [3.8, 4) is 11.5 Å². The molecule has 1 fully saturated rings. The van der Waals surface area contributed by atoms with E-state index >= 15 is 0 Å². The Balaban J connectivity index is 1.81. The number of para-hydroxylation sites is 1. The summed E-state index contributed by atoms with van der Waals surface area (Å²) < 4.78 is 32.6. The van der Waals surface area contributed by atoms with Gasteiger partial charge in [-0.1, -0.05) is 18.2 Å². The SMILES string of the molecule is O=C(NO)C1CSCCN1S(=O)(=O)c1ccc(Oc2ccccc2)cc1. The smallest absolute Gasteiger partial charge is 0.262 e. The maximum Gasteiger partial charge on any atom is 0.262 e. The predicted molar refractivity (Wildman–Crippen MR) is 97.9 cm³/mol. The minimum Gasteiger partial charge on any atom is -0.457 e. The van der Waals surface area contributed by atoms with Gasteiger partial charge in [0.2, 0.25) is 10.0 Å². The van der Waals surface area contributed by atoms with Gasteiger partial charge in [0.25, 0.3) is 5.91 Å². The molecule has 0 bridgehead atoms. The van der Waals surface area contributed by atoms with Gasteiger partial charge in [-0.2, -0.15) is 16.1 Å². The van der Waals surface area contributed by atoms with Crippen molar-refractivity contribution < 1.29 is 23.2 Å². The predicted octanol–water partition coefficient (Wildman–Crippen LogP) is 2.09. The maximum absolute atomic E-state index is 12.9. The number of sulfonamides is 1. The van der Waals surface area contributed by atoms with E-state index in [9.17, 15) is 13.2 Å². The molecule has 138 valence electrons. The summed E-state index contributed by atoms with van der Waals surface area (Å²) in [5.41, 5.74) is 1.55. The number of hydrogen-bond donors (Lipinski definition) is 2. The largest absolute Gasteiger partial charge is 0.457 e. The van der Waals surface area contributed by atoms with Crippen LogP contribution in [-0.2, 0) is 14.8 Å². The zero-order valence-electron chi connectivity index (χ0n) is 13.7. The van der Waals surface area contributed by atoms with E-state index in [2.05, 4.69) is 0 Å². The number of nitrogens with zero attached hydrogens (tertiary/aromatic N) is 1. The Labute approximate surface area is 156 Å². The maximum atomic E-state index is 12.9. The second-order valence-electron chi connectivity index (χ2n) is 5.57. The number of benzene rings is 2. The van der Waals surface area contributed by atoms with Crippen LogP contribution in [0.5, 0.6) is 11.5 Å². The molecule has 1 heterocycles. The molecule has 26 heavy (non-hydrogen) atoms. The number of amides is 1. The number of rotatable bonds is 5. The number of carbonyl (C=O) groups excluding carboxylic acids is 1. The molecule has 1 saturated heterocycles. The molecule has 7 nitrogen and oxygen atoms in total. The van der Waals surface area contributed by atoms with E-state index in [-0.39, 0.29) is 11.4 Å². The van der Waals surface area contributed by atoms with Crippen LogP contribution in [0.3, 0.4) is 0 Å². The lowest BCUT2D eigenvalue weighted by Gasteiger charge is -2.32.